The van der Waals surface area contributed by atoms with E-state index in [1.807, 2.05) is 13.8 Å². The van der Waals surface area contributed by atoms with Crippen molar-refractivity contribution in [1.82, 2.24) is 30.2 Å². The predicted octanol–water partition coefficient (Wildman–Crippen LogP) is 4.66. The summed E-state index contributed by atoms with van der Waals surface area (Å²) in [5.74, 6) is -4.41. The summed E-state index contributed by atoms with van der Waals surface area (Å²) >= 11 is 0. The number of alkyl halides is 5. The lowest BCUT2D eigenvalue weighted by Gasteiger charge is -2.33. The Morgan fingerprint density at radius 1 is 1.19 bits per heavy atom. The minimum atomic E-state index is -4.52. The van der Waals surface area contributed by atoms with Gasteiger partial charge >= 0.3 is 6.18 Å². The van der Waals surface area contributed by atoms with Crippen molar-refractivity contribution in [2.75, 3.05) is 0 Å². The number of rotatable bonds is 10. The summed E-state index contributed by atoms with van der Waals surface area (Å²) in [6.07, 6.45) is -4.81. The van der Waals surface area contributed by atoms with Gasteiger partial charge < -0.3 is 20.5 Å². The van der Waals surface area contributed by atoms with Gasteiger partial charge in [-0.3, -0.25) is 9.59 Å². The Bertz CT molecular complexity index is 1400. The highest BCUT2D eigenvalue weighted by atomic mass is 19.4. The van der Waals surface area contributed by atoms with Gasteiger partial charge in [0.2, 0.25) is 17.7 Å². The highest BCUT2D eigenvalue weighted by Crippen LogP contribution is 2.41. The predicted molar refractivity (Wildman–Crippen MR) is 138 cm³/mol. The Kier molecular flexibility index (Phi) is 9.28. The molecule has 0 spiro atoms. The third kappa shape index (κ3) is 8.33. The Morgan fingerprint density at radius 3 is 2.57 bits per heavy atom. The largest absolute Gasteiger partial charge is 0.475 e. The highest BCUT2D eigenvalue weighted by molar-refractivity contribution is 5.94. The Hall–Kier alpha value is -3.88. The molecule has 1 fully saturated rings. The zero-order valence-corrected chi connectivity index (χ0v) is 22.9. The first-order valence-electron chi connectivity index (χ1n) is 13.4. The number of ether oxygens (including phenoxy) is 1. The summed E-state index contributed by atoms with van der Waals surface area (Å²) in [6.45, 7) is 3.63. The SMILES string of the molecule is CC(C)Oc1cc(C(=O)N[C@H](c2cn3ncc([C@@H](O)NC(=O)CCC(F)(F)F)cc3n2)C2CCC(F)(F)CC2)ccn1. The Morgan fingerprint density at radius 2 is 1.90 bits per heavy atom. The fourth-order valence-corrected chi connectivity index (χ4v) is 4.68. The van der Waals surface area contributed by atoms with E-state index in [9.17, 15) is 36.6 Å². The lowest BCUT2D eigenvalue weighted by molar-refractivity contribution is -0.145. The van der Waals surface area contributed by atoms with E-state index in [1.54, 1.807) is 0 Å². The molecule has 1 saturated carbocycles. The molecule has 228 valence electrons. The van der Waals surface area contributed by atoms with Crippen molar-refractivity contribution in [3.05, 3.63) is 53.6 Å². The van der Waals surface area contributed by atoms with Crippen LogP contribution in [0.1, 0.15) is 86.3 Å². The molecule has 0 aromatic carbocycles. The number of imidazole rings is 1. The molecule has 0 bridgehead atoms. The van der Waals surface area contributed by atoms with E-state index >= 15 is 0 Å². The van der Waals surface area contributed by atoms with Crippen LogP contribution in [0, 0.1) is 5.92 Å². The summed E-state index contributed by atoms with van der Waals surface area (Å²) in [5, 5.41) is 19.5. The summed E-state index contributed by atoms with van der Waals surface area (Å²) in [4.78, 5) is 33.7. The molecule has 2 atom stereocenters. The summed E-state index contributed by atoms with van der Waals surface area (Å²) in [7, 11) is 0. The van der Waals surface area contributed by atoms with E-state index in [1.165, 1.54) is 41.3 Å². The van der Waals surface area contributed by atoms with Gasteiger partial charge in [-0.15, -0.1) is 0 Å². The van der Waals surface area contributed by atoms with Crippen molar-refractivity contribution in [3.8, 4) is 5.88 Å². The van der Waals surface area contributed by atoms with Crippen LogP contribution in [0.3, 0.4) is 0 Å². The monoisotopic (exact) mass is 598 g/mol. The minimum absolute atomic E-state index is 0.0624. The number of hydrogen-bond donors (Lipinski definition) is 3. The number of hydrogen-bond acceptors (Lipinski definition) is 7. The van der Waals surface area contributed by atoms with E-state index in [0.717, 1.165) is 0 Å². The van der Waals surface area contributed by atoms with E-state index in [-0.39, 0.29) is 60.4 Å². The molecule has 3 N–H and O–H groups in total. The van der Waals surface area contributed by atoms with Gasteiger partial charge in [-0.2, -0.15) is 18.3 Å². The van der Waals surface area contributed by atoms with Crippen molar-refractivity contribution in [2.45, 2.75) is 82.8 Å². The second-order valence-corrected chi connectivity index (χ2v) is 10.5. The molecule has 15 heteroatoms. The fourth-order valence-electron chi connectivity index (χ4n) is 4.68. The highest BCUT2D eigenvalue weighted by Gasteiger charge is 2.39. The number of aliphatic hydroxyl groups is 1. The van der Waals surface area contributed by atoms with Crippen molar-refractivity contribution in [1.29, 1.82) is 0 Å². The number of aliphatic hydroxyl groups excluding tert-OH is 1. The van der Waals surface area contributed by atoms with E-state index in [2.05, 4.69) is 25.7 Å². The number of amides is 2. The molecule has 1 aliphatic carbocycles. The molecule has 2 amide bonds. The molecular weight excluding hydrogens is 567 g/mol. The average Bonchev–Trinajstić information content (AvgIpc) is 3.33. The molecule has 3 heterocycles. The maximum atomic E-state index is 14.0. The van der Waals surface area contributed by atoms with Crippen LogP contribution < -0.4 is 15.4 Å². The normalized spacial score (nSPS) is 17.2. The summed E-state index contributed by atoms with van der Waals surface area (Å²) in [6, 6.07) is 3.57. The second kappa shape index (κ2) is 12.5. The van der Waals surface area contributed by atoms with Gasteiger partial charge in [-0.25, -0.2) is 23.3 Å². The number of pyridine rings is 1. The average molecular weight is 599 g/mol. The first kappa shape index (κ1) is 31.1. The lowest BCUT2D eigenvalue weighted by atomic mass is 9.81. The van der Waals surface area contributed by atoms with Crippen LogP contribution in [0.5, 0.6) is 5.88 Å². The van der Waals surface area contributed by atoms with Gasteiger partial charge in [0.15, 0.2) is 11.9 Å². The van der Waals surface area contributed by atoms with Crippen LogP contribution in [-0.4, -0.2) is 54.7 Å². The van der Waals surface area contributed by atoms with Crippen molar-refractivity contribution in [2.24, 2.45) is 5.92 Å². The van der Waals surface area contributed by atoms with Crippen molar-refractivity contribution < 1.29 is 41.4 Å². The lowest BCUT2D eigenvalue weighted by Crippen LogP contribution is -2.37. The maximum Gasteiger partial charge on any atom is 0.389 e. The molecule has 10 nitrogen and oxygen atoms in total. The molecule has 1 aliphatic rings. The standard InChI is InChI=1S/C27H31F5N6O4/c1-15(2)42-22-12-17(6-10-33-22)24(40)37-23(16-3-7-26(28,29)8-4-16)19-14-38-20(35-19)11-18(13-34-38)25(41)36-21(39)5-9-27(30,31)32/h6,10-16,23,25,41H,3-5,7-9H2,1-2H3,(H,36,39)(H,37,40)/t23-,25+/m0/s1. The first-order chi connectivity index (χ1) is 19.7. The number of nitrogens with one attached hydrogen (secondary N) is 2. The summed E-state index contributed by atoms with van der Waals surface area (Å²) in [5.41, 5.74) is 0.843. The zero-order chi connectivity index (χ0) is 30.7. The van der Waals surface area contributed by atoms with Crippen LogP contribution >= 0.6 is 0 Å². The molecule has 4 rings (SSSR count). The number of fused-ring (bicyclic) bond motifs is 1. The molecular formula is C27H31F5N6O4. The number of aromatic nitrogens is 4. The molecule has 0 saturated heterocycles. The van der Waals surface area contributed by atoms with Gasteiger partial charge in [0.25, 0.3) is 5.91 Å². The minimum Gasteiger partial charge on any atom is -0.475 e. The van der Waals surface area contributed by atoms with Gasteiger partial charge in [0, 0.05) is 42.7 Å². The topological polar surface area (TPSA) is 131 Å². The maximum absolute atomic E-state index is 14.0. The van der Waals surface area contributed by atoms with Gasteiger partial charge in [-0.1, -0.05) is 0 Å². The van der Waals surface area contributed by atoms with Crippen LogP contribution in [0.25, 0.3) is 5.65 Å². The molecule has 0 aliphatic heterocycles. The second-order valence-electron chi connectivity index (χ2n) is 10.5. The van der Waals surface area contributed by atoms with Crippen LogP contribution in [-0.2, 0) is 4.79 Å². The molecule has 42 heavy (non-hydrogen) atoms. The molecule has 0 radical (unpaired) electrons. The number of carbonyl (C=O) groups is 2. The summed E-state index contributed by atoms with van der Waals surface area (Å²) < 4.78 is 72.0. The van der Waals surface area contributed by atoms with Gasteiger partial charge in [0.05, 0.1) is 36.7 Å². The quantitative estimate of drug-likeness (QED) is 0.229. The number of nitrogens with zero attached hydrogens (tertiary/aromatic N) is 4. The number of carbonyl (C=O) groups excluding carboxylic acids is 2. The zero-order valence-electron chi connectivity index (χ0n) is 22.9. The smallest absolute Gasteiger partial charge is 0.389 e. The molecule has 0 unspecified atom stereocenters. The number of halogens is 5. The molecule has 3 aromatic heterocycles. The van der Waals surface area contributed by atoms with E-state index < -0.39 is 49.0 Å². The van der Waals surface area contributed by atoms with E-state index in [4.69, 9.17) is 4.74 Å². The Labute approximate surface area is 237 Å². The van der Waals surface area contributed by atoms with Crippen molar-refractivity contribution >= 4 is 17.5 Å². The van der Waals surface area contributed by atoms with Crippen LogP contribution in [0.15, 0.2) is 36.8 Å². The Balaban J connectivity index is 1.56. The van der Waals surface area contributed by atoms with Gasteiger partial charge in [0.1, 0.15) is 0 Å². The molecule has 3 aromatic rings. The first-order valence-corrected chi connectivity index (χ1v) is 13.4. The fraction of sp³-hybridized carbons (Fsp3) is 0.519. The van der Waals surface area contributed by atoms with Crippen LogP contribution in [0.4, 0.5) is 22.0 Å². The van der Waals surface area contributed by atoms with Crippen LogP contribution in [0.2, 0.25) is 0 Å². The third-order valence-electron chi connectivity index (χ3n) is 6.80. The van der Waals surface area contributed by atoms with Gasteiger partial charge in [-0.05, 0) is 44.7 Å². The third-order valence-corrected chi connectivity index (χ3v) is 6.80. The van der Waals surface area contributed by atoms with E-state index in [0.29, 0.717) is 5.69 Å². The van der Waals surface area contributed by atoms with Crippen molar-refractivity contribution in [3.63, 3.8) is 0 Å².